The van der Waals surface area contributed by atoms with E-state index in [0.717, 1.165) is 77.4 Å². The molecule has 52 heavy (non-hydrogen) atoms. The number of hydrogen-bond donors (Lipinski definition) is 5. The lowest BCUT2D eigenvalue weighted by Crippen LogP contribution is -2.45. The number of aryl methyl sites for hydroxylation is 1. The van der Waals surface area contributed by atoms with Crippen LogP contribution in [0.5, 0.6) is 0 Å². The average molecular weight is 709 g/mol. The fourth-order valence-electron chi connectivity index (χ4n) is 6.03. The maximum absolute atomic E-state index is 12.9. The van der Waals surface area contributed by atoms with Gasteiger partial charge in [-0.05, 0) is 75.0 Å². The highest BCUT2D eigenvalue weighted by Crippen LogP contribution is 2.32. The summed E-state index contributed by atoms with van der Waals surface area (Å²) >= 11 is 0. The van der Waals surface area contributed by atoms with Gasteiger partial charge in [-0.3, -0.25) is 14.4 Å². The number of H-pyrrole nitrogens is 2. The van der Waals surface area contributed by atoms with Crippen LogP contribution in [-0.4, -0.2) is 88.1 Å². The number of primary amides is 1. The molecule has 0 spiro atoms. The molecule has 1 saturated heterocycles. The number of benzene rings is 2. The monoisotopic (exact) mass is 708 g/mol. The maximum atomic E-state index is 12.9. The van der Waals surface area contributed by atoms with Crippen molar-refractivity contribution in [3.8, 4) is 34.4 Å². The summed E-state index contributed by atoms with van der Waals surface area (Å²) in [6.07, 6.45) is 6.23. The Balaban J connectivity index is 1.09. The third-order valence-corrected chi connectivity index (χ3v) is 8.77. The molecule has 2 aromatic carbocycles. The van der Waals surface area contributed by atoms with Gasteiger partial charge in [-0.1, -0.05) is 36.1 Å². The van der Waals surface area contributed by atoms with Crippen LogP contribution in [0.1, 0.15) is 67.8 Å². The van der Waals surface area contributed by atoms with Crippen molar-refractivity contribution in [2.24, 2.45) is 5.73 Å². The number of likely N-dealkylation sites (N-methyl/N-ethyl adjacent to an activating group) is 1. The van der Waals surface area contributed by atoms with Gasteiger partial charge < -0.3 is 40.7 Å². The van der Waals surface area contributed by atoms with Crippen molar-refractivity contribution in [3.05, 3.63) is 83.7 Å². The maximum Gasteiger partial charge on any atom is 0.404 e. The fraction of sp³-hybridized carbons (Fsp3) is 0.368. The Morgan fingerprint density at radius 3 is 2.29 bits per heavy atom. The van der Waals surface area contributed by atoms with Crippen molar-refractivity contribution >= 4 is 24.4 Å². The van der Waals surface area contributed by atoms with E-state index in [1.165, 1.54) is 0 Å². The largest absolute Gasteiger partial charge is 0.466 e. The number of likely N-dealkylation sites (tertiary alicyclic amines) is 1. The number of nitrogens with one attached hydrogen (secondary N) is 4. The van der Waals surface area contributed by atoms with E-state index in [-0.39, 0.29) is 30.9 Å². The topological polar surface area (TPSA) is 197 Å². The molecule has 4 aromatic rings. The van der Waals surface area contributed by atoms with Gasteiger partial charge in [0, 0.05) is 30.6 Å². The Hall–Kier alpha value is -5.94. The molecule has 272 valence electrons. The summed E-state index contributed by atoms with van der Waals surface area (Å²) in [7, 11) is 1.64. The van der Waals surface area contributed by atoms with Crippen LogP contribution in [0.2, 0.25) is 0 Å². The minimum atomic E-state index is -0.891. The molecular weight excluding hydrogens is 664 g/mol. The first kappa shape index (κ1) is 37.3. The number of carbonyl (C=O) groups is 4. The number of rotatable bonds is 16. The summed E-state index contributed by atoms with van der Waals surface area (Å²) in [4.78, 5) is 64.1. The smallest absolute Gasteiger partial charge is 0.404 e. The van der Waals surface area contributed by atoms with Crippen molar-refractivity contribution in [2.45, 2.75) is 63.6 Å². The Labute approximate surface area is 302 Å². The molecule has 14 heteroatoms. The lowest BCUT2D eigenvalue weighted by Gasteiger charge is -2.24. The van der Waals surface area contributed by atoms with E-state index in [1.807, 2.05) is 54.7 Å². The molecule has 0 radical (unpaired) electrons. The molecule has 0 aliphatic carbocycles. The zero-order valence-corrected chi connectivity index (χ0v) is 29.3. The van der Waals surface area contributed by atoms with E-state index in [2.05, 4.69) is 47.1 Å². The SMILES string of the molecule is CNC(COC=O)C(=O)NCCCCc1ncc(-c2ccc(C#Cc3ccc(-c4cnc(C5CCCN5C(=O)CC(C)OC(N)=O)[nH]4)cc3)cc2)[nH]1. The van der Waals surface area contributed by atoms with E-state index in [0.29, 0.717) is 19.6 Å². The number of nitrogens with two attached hydrogens (primary N) is 1. The molecule has 14 nitrogen and oxygen atoms in total. The minimum Gasteiger partial charge on any atom is -0.466 e. The highest BCUT2D eigenvalue weighted by Gasteiger charge is 2.33. The molecule has 0 bridgehead atoms. The molecule has 2 aromatic heterocycles. The number of aromatic nitrogens is 4. The molecule has 3 atom stereocenters. The standard InChI is InChI=1S/C38H44N8O6/c1-25(52-38(39)50)20-35(48)46-19-5-6-33(46)36-43-22-31(45-36)29-16-12-27(13-17-29)9-8-26-10-14-28(15-11-26)30-21-42-34(44-30)7-3-4-18-41-37(49)32(40-2)23-51-24-47/h10-17,21-22,24-25,32-33,40H,3-7,18-20,23H2,1-2H3,(H2,39,50)(H,41,49)(H,42,44)(H,43,45). The van der Waals surface area contributed by atoms with Crippen LogP contribution >= 0.6 is 0 Å². The minimum absolute atomic E-state index is 0.00814. The van der Waals surface area contributed by atoms with E-state index < -0.39 is 18.2 Å². The van der Waals surface area contributed by atoms with Gasteiger partial charge in [0.25, 0.3) is 6.47 Å². The summed E-state index contributed by atoms with van der Waals surface area (Å²) in [6.45, 7) is 3.11. The zero-order chi connectivity index (χ0) is 36.9. The number of ether oxygens (including phenoxy) is 2. The summed E-state index contributed by atoms with van der Waals surface area (Å²) in [6, 6.07) is 15.2. The predicted molar refractivity (Wildman–Crippen MR) is 193 cm³/mol. The van der Waals surface area contributed by atoms with E-state index >= 15 is 0 Å². The Bertz CT molecular complexity index is 1880. The van der Waals surface area contributed by atoms with Crippen LogP contribution in [0.25, 0.3) is 22.5 Å². The van der Waals surface area contributed by atoms with Crippen LogP contribution in [0.3, 0.4) is 0 Å². The van der Waals surface area contributed by atoms with Crippen LogP contribution < -0.4 is 16.4 Å². The van der Waals surface area contributed by atoms with Crippen molar-refractivity contribution in [1.29, 1.82) is 0 Å². The van der Waals surface area contributed by atoms with Crippen LogP contribution in [0, 0.1) is 11.8 Å². The second-order valence-corrected chi connectivity index (χ2v) is 12.5. The van der Waals surface area contributed by atoms with Crippen LogP contribution in [0.15, 0.2) is 60.9 Å². The summed E-state index contributed by atoms with van der Waals surface area (Å²) in [5.74, 6) is 7.75. The number of aromatic amines is 2. The Morgan fingerprint density at radius 1 is 1.00 bits per heavy atom. The number of imidazole rings is 2. The number of unbranched alkanes of at least 4 members (excludes halogenated alkanes) is 1. The molecule has 3 amide bonds. The second-order valence-electron chi connectivity index (χ2n) is 12.5. The van der Waals surface area contributed by atoms with E-state index in [1.54, 1.807) is 25.1 Å². The number of hydrogen-bond acceptors (Lipinski definition) is 9. The first-order valence-electron chi connectivity index (χ1n) is 17.3. The molecule has 0 saturated carbocycles. The quantitative estimate of drug-likeness (QED) is 0.0656. The summed E-state index contributed by atoms with van der Waals surface area (Å²) in [5.41, 5.74) is 10.6. The molecule has 6 N–H and O–H groups in total. The van der Waals surface area contributed by atoms with E-state index in [9.17, 15) is 19.2 Å². The number of carbonyl (C=O) groups excluding carboxylic acids is 4. The molecule has 3 heterocycles. The van der Waals surface area contributed by atoms with Crippen molar-refractivity contribution in [3.63, 3.8) is 0 Å². The summed E-state index contributed by atoms with van der Waals surface area (Å²) < 4.78 is 9.60. The van der Waals surface area contributed by atoms with Gasteiger partial charge >= 0.3 is 6.09 Å². The molecular formula is C38H44N8O6. The van der Waals surface area contributed by atoms with Crippen molar-refractivity contribution in [1.82, 2.24) is 35.5 Å². The molecule has 1 aliphatic heterocycles. The van der Waals surface area contributed by atoms with Crippen LogP contribution in [0.4, 0.5) is 4.79 Å². The molecule has 5 rings (SSSR count). The van der Waals surface area contributed by atoms with Gasteiger partial charge in [0.2, 0.25) is 11.8 Å². The van der Waals surface area contributed by atoms with E-state index in [4.69, 9.17) is 10.5 Å². The van der Waals surface area contributed by atoms with Gasteiger partial charge in [0.1, 0.15) is 30.4 Å². The summed E-state index contributed by atoms with van der Waals surface area (Å²) in [5, 5.41) is 5.68. The van der Waals surface area contributed by atoms with Gasteiger partial charge in [-0.15, -0.1) is 0 Å². The molecule has 1 aliphatic rings. The average Bonchev–Trinajstić information content (AvgIpc) is 3.93. The predicted octanol–water partition coefficient (Wildman–Crippen LogP) is 3.60. The third-order valence-electron chi connectivity index (χ3n) is 8.77. The normalized spacial score (nSPS) is 14.9. The lowest BCUT2D eigenvalue weighted by molar-refractivity contribution is -0.134. The molecule has 3 unspecified atom stereocenters. The van der Waals surface area contributed by atoms with Crippen LogP contribution in [-0.2, 0) is 30.3 Å². The number of nitrogens with zero attached hydrogens (tertiary/aromatic N) is 3. The number of amides is 3. The highest BCUT2D eigenvalue weighted by molar-refractivity contribution is 5.82. The molecule has 1 fully saturated rings. The lowest BCUT2D eigenvalue weighted by atomic mass is 10.1. The van der Waals surface area contributed by atoms with Crippen molar-refractivity contribution in [2.75, 3.05) is 26.7 Å². The second kappa shape index (κ2) is 18.3. The zero-order valence-electron chi connectivity index (χ0n) is 29.3. The van der Waals surface area contributed by atoms with Gasteiger partial charge in [0.05, 0.1) is 36.2 Å². The fourth-order valence-corrected chi connectivity index (χ4v) is 6.03. The Kier molecular flexibility index (Phi) is 13.2. The highest BCUT2D eigenvalue weighted by atomic mass is 16.6. The van der Waals surface area contributed by atoms with Crippen molar-refractivity contribution < 1.29 is 28.7 Å². The van der Waals surface area contributed by atoms with Gasteiger partial charge in [-0.25, -0.2) is 14.8 Å². The first-order chi connectivity index (χ1) is 25.2. The Morgan fingerprint density at radius 2 is 1.65 bits per heavy atom. The van der Waals surface area contributed by atoms with Gasteiger partial charge in [-0.2, -0.15) is 0 Å². The first-order valence-corrected chi connectivity index (χ1v) is 17.3. The third kappa shape index (κ3) is 10.3. The van der Waals surface area contributed by atoms with Gasteiger partial charge in [0.15, 0.2) is 0 Å².